The molecule has 1 N–H and O–H groups in total. The molecular formula is C29H23NO2. The van der Waals surface area contributed by atoms with E-state index in [1.807, 2.05) is 49.4 Å². The molecule has 0 fully saturated rings. The summed E-state index contributed by atoms with van der Waals surface area (Å²) in [5.41, 5.74) is 8.31. The van der Waals surface area contributed by atoms with Gasteiger partial charge in [-0.3, -0.25) is 9.59 Å². The fourth-order valence-electron chi connectivity index (χ4n) is 5.45. The fourth-order valence-corrected chi connectivity index (χ4v) is 5.45. The Kier molecular flexibility index (Phi) is 4.25. The second kappa shape index (κ2) is 7.16. The maximum absolute atomic E-state index is 13.6. The molecular weight excluding hydrogens is 394 g/mol. The van der Waals surface area contributed by atoms with Crippen molar-refractivity contribution in [3.05, 3.63) is 124 Å². The number of Topliss-reactive ketones (excluding diaryl/α,β-unsaturated/α-hetero) is 2. The fraction of sp³-hybridized carbons (Fsp3) is 0.172. The summed E-state index contributed by atoms with van der Waals surface area (Å²) in [5, 5.41) is 3.56. The molecule has 1 heterocycles. The second-order valence-corrected chi connectivity index (χ2v) is 8.96. The van der Waals surface area contributed by atoms with E-state index in [1.165, 1.54) is 5.56 Å². The summed E-state index contributed by atoms with van der Waals surface area (Å²) >= 11 is 0. The summed E-state index contributed by atoms with van der Waals surface area (Å²) in [4.78, 5) is 27.1. The number of hydrogen-bond donors (Lipinski definition) is 1. The lowest BCUT2D eigenvalue weighted by Gasteiger charge is -2.36. The van der Waals surface area contributed by atoms with Gasteiger partial charge in [-0.05, 0) is 30.4 Å². The lowest BCUT2D eigenvalue weighted by atomic mass is 9.71. The largest absolute Gasteiger partial charge is 0.358 e. The van der Waals surface area contributed by atoms with Gasteiger partial charge in [-0.1, -0.05) is 84.4 Å². The highest BCUT2D eigenvalue weighted by Crippen LogP contribution is 2.50. The second-order valence-electron chi connectivity index (χ2n) is 8.96. The van der Waals surface area contributed by atoms with Gasteiger partial charge in [0.2, 0.25) is 0 Å². The zero-order chi connectivity index (χ0) is 21.8. The number of carbonyl (C=O) groups is 2. The summed E-state index contributed by atoms with van der Waals surface area (Å²) in [6.45, 7) is 2.05. The van der Waals surface area contributed by atoms with Crippen LogP contribution in [0.15, 0.2) is 95.7 Å². The van der Waals surface area contributed by atoms with Crippen LogP contribution in [-0.4, -0.2) is 11.6 Å². The monoisotopic (exact) mass is 417 g/mol. The molecule has 0 saturated heterocycles. The van der Waals surface area contributed by atoms with E-state index in [9.17, 15) is 9.59 Å². The molecule has 3 aromatic carbocycles. The minimum atomic E-state index is -0.328. The van der Waals surface area contributed by atoms with Gasteiger partial charge >= 0.3 is 0 Å². The van der Waals surface area contributed by atoms with E-state index in [-0.39, 0.29) is 23.4 Å². The van der Waals surface area contributed by atoms with Crippen LogP contribution >= 0.6 is 0 Å². The topological polar surface area (TPSA) is 46.2 Å². The summed E-state index contributed by atoms with van der Waals surface area (Å²) in [7, 11) is 0. The van der Waals surface area contributed by atoms with Crippen LogP contribution in [0.5, 0.6) is 0 Å². The van der Waals surface area contributed by atoms with E-state index in [0.29, 0.717) is 17.6 Å². The van der Waals surface area contributed by atoms with Gasteiger partial charge in [0.05, 0.1) is 5.70 Å². The van der Waals surface area contributed by atoms with Gasteiger partial charge in [0.25, 0.3) is 0 Å². The SMILES string of the molecule is Cc1ccc([C@@H]2C3=C(C[C@H](c4ccccc4)CC3=O)NC3=C2C(=O)c2ccccc23)cc1. The number of dihydropyridines is 1. The first-order chi connectivity index (χ1) is 15.6. The molecule has 3 nitrogen and oxygen atoms in total. The highest BCUT2D eigenvalue weighted by molar-refractivity contribution is 6.23. The molecule has 156 valence electrons. The molecule has 0 radical (unpaired) electrons. The van der Waals surface area contributed by atoms with Crippen molar-refractivity contribution >= 4 is 17.3 Å². The van der Waals surface area contributed by atoms with Gasteiger partial charge in [-0.25, -0.2) is 0 Å². The summed E-state index contributed by atoms with van der Waals surface area (Å²) in [6, 6.07) is 26.3. The number of nitrogens with one attached hydrogen (secondary N) is 1. The zero-order valence-electron chi connectivity index (χ0n) is 17.9. The van der Waals surface area contributed by atoms with Crippen molar-refractivity contribution in [2.45, 2.75) is 31.6 Å². The van der Waals surface area contributed by atoms with Gasteiger partial charge in [-0.15, -0.1) is 0 Å². The third-order valence-corrected chi connectivity index (χ3v) is 7.00. The van der Waals surface area contributed by atoms with Crippen molar-refractivity contribution in [1.29, 1.82) is 0 Å². The van der Waals surface area contributed by atoms with Crippen molar-refractivity contribution in [3.63, 3.8) is 0 Å². The maximum Gasteiger partial charge on any atom is 0.192 e. The first-order valence-corrected chi connectivity index (χ1v) is 11.1. The first-order valence-electron chi connectivity index (χ1n) is 11.1. The molecule has 6 rings (SSSR count). The third kappa shape index (κ3) is 2.81. The van der Waals surface area contributed by atoms with Crippen molar-refractivity contribution in [2.24, 2.45) is 0 Å². The lowest BCUT2D eigenvalue weighted by Crippen LogP contribution is -2.33. The van der Waals surface area contributed by atoms with E-state index in [4.69, 9.17) is 0 Å². The number of carbonyl (C=O) groups excluding carboxylic acids is 2. The van der Waals surface area contributed by atoms with Gasteiger partial charge < -0.3 is 5.32 Å². The highest BCUT2D eigenvalue weighted by Gasteiger charge is 2.45. The zero-order valence-corrected chi connectivity index (χ0v) is 17.9. The lowest BCUT2D eigenvalue weighted by molar-refractivity contribution is -0.116. The van der Waals surface area contributed by atoms with E-state index in [1.54, 1.807) is 0 Å². The quantitative estimate of drug-likeness (QED) is 0.583. The van der Waals surface area contributed by atoms with Crippen molar-refractivity contribution in [2.75, 3.05) is 0 Å². The van der Waals surface area contributed by atoms with Crippen LogP contribution in [0.2, 0.25) is 0 Å². The number of aryl methyl sites for hydroxylation is 1. The van der Waals surface area contributed by atoms with Gasteiger partial charge in [0, 0.05) is 40.3 Å². The Morgan fingerprint density at radius 3 is 2.16 bits per heavy atom. The van der Waals surface area contributed by atoms with Crippen LogP contribution in [0.1, 0.15) is 57.3 Å². The van der Waals surface area contributed by atoms with E-state index in [2.05, 4.69) is 41.7 Å². The maximum atomic E-state index is 13.6. The normalized spacial score (nSPS) is 21.8. The van der Waals surface area contributed by atoms with Crippen LogP contribution < -0.4 is 5.32 Å². The molecule has 32 heavy (non-hydrogen) atoms. The highest BCUT2D eigenvalue weighted by atomic mass is 16.1. The van der Waals surface area contributed by atoms with E-state index >= 15 is 0 Å². The predicted octanol–water partition coefficient (Wildman–Crippen LogP) is 5.69. The number of fused-ring (bicyclic) bond motifs is 2. The molecule has 3 aromatic rings. The number of benzene rings is 3. The van der Waals surface area contributed by atoms with Crippen LogP contribution in [0.3, 0.4) is 0 Å². The average Bonchev–Trinajstić information content (AvgIpc) is 3.11. The predicted molar refractivity (Wildman–Crippen MR) is 125 cm³/mol. The summed E-state index contributed by atoms with van der Waals surface area (Å²) in [5.74, 6) is -0.0271. The number of ketones is 2. The Morgan fingerprint density at radius 1 is 0.719 bits per heavy atom. The molecule has 3 heteroatoms. The summed E-state index contributed by atoms with van der Waals surface area (Å²) in [6.07, 6.45) is 1.23. The number of rotatable bonds is 2. The minimum Gasteiger partial charge on any atom is -0.358 e. The van der Waals surface area contributed by atoms with Crippen LogP contribution in [0, 0.1) is 6.92 Å². The molecule has 0 unspecified atom stereocenters. The molecule has 0 saturated carbocycles. The Hall–Kier alpha value is -3.72. The molecule has 0 spiro atoms. The van der Waals surface area contributed by atoms with Crippen LogP contribution in [0.4, 0.5) is 0 Å². The third-order valence-electron chi connectivity index (χ3n) is 7.00. The summed E-state index contributed by atoms with van der Waals surface area (Å²) < 4.78 is 0. The van der Waals surface area contributed by atoms with Gasteiger partial charge in [-0.2, -0.15) is 0 Å². The Morgan fingerprint density at radius 2 is 1.41 bits per heavy atom. The van der Waals surface area contributed by atoms with Crippen molar-refractivity contribution < 1.29 is 9.59 Å². The first kappa shape index (κ1) is 19.0. The van der Waals surface area contributed by atoms with Crippen LogP contribution in [0.25, 0.3) is 5.70 Å². The molecule has 2 atom stereocenters. The molecule has 0 amide bonds. The molecule has 0 aromatic heterocycles. The Balaban J connectivity index is 1.52. The number of allylic oxidation sites excluding steroid dienone is 3. The van der Waals surface area contributed by atoms with Crippen molar-refractivity contribution in [3.8, 4) is 0 Å². The van der Waals surface area contributed by atoms with E-state index in [0.717, 1.165) is 40.1 Å². The Labute approximate surface area is 187 Å². The molecule has 0 bridgehead atoms. The van der Waals surface area contributed by atoms with Gasteiger partial charge in [0.1, 0.15) is 0 Å². The van der Waals surface area contributed by atoms with Crippen LogP contribution in [-0.2, 0) is 4.79 Å². The number of hydrogen-bond acceptors (Lipinski definition) is 3. The molecule has 3 aliphatic rings. The smallest absolute Gasteiger partial charge is 0.192 e. The van der Waals surface area contributed by atoms with E-state index < -0.39 is 0 Å². The minimum absolute atomic E-state index is 0.0261. The molecule has 2 aliphatic carbocycles. The average molecular weight is 418 g/mol. The Bertz CT molecular complexity index is 1330. The van der Waals surface area contributed by atoms with Crippen molar-refractivity contribution in [1.82, 2.24) is 5.32 Å². The standard InChI is InChI=1S/C29H23NO2/c1-17-11-13-19(14-12-17)25-26-23(15-20(16-24(26)31)18-7-3-2-4-8-18)30-28-21-9-5-6-10-22(21)29(32)27(25)28/h2-14,20,25,30H,15-16H2,1H3/t20-,25+/m0/s1. The molecule has 1 aliphatic heterocycles. The van der Waals surface area contributed by atoms with Gasteiger partial charge in [0.15, 0.2) is 11.6 Å².